The number of nitrogens with one attached hydrogen (secondary N) is 1. The third-order valence-corrected chi connectivity index (χ3v) is 4.21. The second-order valence-electron chi connectivity index (χ2n) is 5.03. The van der Waals surface area contributed by atoms with Crippen molar-refractivity contribution in [2.24, 2.45) is 10.7 Å². The number of aliphatic imine (C=N–C) groups is 1. The van der Waals surface area contributed by atoms with Gasteiger partial charge in [0.25, 0.3) is 0 Å². The average molecular weight is 355 g/mol. The van der Waals surface area contributed by atoms with Crippen LogP contribution in [0.1, 0.15) is 12.0 Å². The first-order chi connectivity index (χ1) is 10.3. The summed E-state index contributed by atoms with van der Waals surface area (Å²) in [6.45, 7) is 6.28. The zero-order valence-corrected chi connectivity index (χ0v) is 13.8. The van der Waals surface area contributed by atoms with Gasteiger partial charge in [-0.25, -0.2) is 4.99 Å². The number of halogens is 1. The topological polar surface area (TPSA) is 62.9 Å². The second kappa shape index (κ2) is 9.02. The molecule has 0 unspecified atom stereocenters. The van der Waals surface area contributed by atoms with Crippen LogP contribution in [0.4, 0.5) is 0 Å². The standard InChI is InChI=1S/C15H23BrN4O/c16-14-5-2-1-4-13(14)12-19-15(17)18-6-3-7-20-8-10-21-11-9-20/h1-2,4-5H,3,6-12H2,(H3,17,18,19). The fraction of sp³-hybridized carbons (Fsp3) is 0.533. The highest BCUT2D eigenvalue weighted by Gasteiger charge is 2.08. The van der Waals surface area contributed by atoms with Crippen LogP contribution in [-0.4, -0.2) is 50.3 Å². The first-order valence-electron chi connectivity index (χ1n) is 7.33. The molecule has 1 heterocycles. The van der Waals surface area contributed by atoms with Gasteiger partial charge in [0.2, 0.25) is 0 Å². The smallest absolute Gasteiger partial charge is 0.188 e. The zero-order valence-electron chi connectivity index (χ0n) is 12.2. The van der Waals surface area contributed by atoms with Crippen molar-refractivity contribution in [1.29, 1.82) is 0 Å². The largest absolute Gasteiger partial charge is 0.379 e. The number of ether oxygens (including phenoxy) is 1. The van der Waals surface area contributed by atoms with E-state index >= 15 is 0 Å². The predicted molar refractivity (Wildman–Crippen MR) is 89.3 cm³/mol. The highest BCUT2D eigenvalue weighted by molar-refractivity contribution is 9.10. The maximum atomic E-state index is 5.88. The van der Waals surface area contributed by atoms with Crippen LogP contribution >= 0.6 is 15.9 Å². The lowest BCUT2D eigenvalue weighted by atomic mass is 10.2. The van der Waals surface area contributed by atoms with Gasteiger partial charge in [-0.05, 0) is 24.6 Å². The summed E-state index contributed by atoms with van der Waals surface area (Å²) < 4.78 is 6.39. The number of nitrogens with two attached hydrogens (primary N) is 1. The lowest BCUT2D eigenvalue weighted by Crippen LogP contribution is -2.39. The molecule has 21 heavy (non-hydrogen) atoms. The summed E-state index contributed by atoms with van der Waals surface area (Å²) in [5.41, 5.74) is 7.02. The van der Waals surface area contributed by atoms with Crippen molar-refractivity contribution in [3.63, 3.8) is 0 Å². The molecule has 1 aliphatic rings. The predicted octanol–water partition coefficient (Wildman–Crippen LogP) is 1.58. The van der Waals surface area contributed by atoms with Gasteiger partial charge >= 0.3 is 0 Å². The summed E-state index contributed by atoms with van der Waals surface area (Å²) in [5.74, 6) is 0.507. The lowest BCUT2D eigenvalue weighted by Gasteiger charge is -2.26. The van der Waals surface area contributed by atoms with E-state index in [4.69, 9.17) is 10.5 Å². The van der Waals surface area contributed by atoms with Crippen molar-refractivity contribution in [2.75, 3.05) is 39.4 Å². The van der Waals surface area contributed by atoms with Crippen molar-refractivity contribution in [2.45, 2.75) is 13.0 Å². The summed E-state index contributed by atoms with van der Waals surface area (Å²) in [5, 5.41) is 3.17. The summed E-state index contributed by atoms with van der Waals surface area (Å²) >= 11 is 3.51. The SMILES string of the molecule is NC(=NCc1ccccc1Br)NCCCN1CCOCC1. The van der Waals surface area contributed by atoms with Crippen LogP contribution in [0.15, 0.2) is 33.7 Å². The van der Waals surface area contributed by atoms with Gasteiger partial charge in [-0.2, -0.15) is 0 Å². The summed E-state index contributed by atoms with van der Waals surface area (Å²) in [6, 6.07) is 8.04. The number of benzene rings is 1. The third kappa shape index (κ3) is 6.03. The Morgan fingerprint density at radius 3 is 2.86 bits per heavy atom. The molecule has 116 valence electrons. The first-order valence-corrected chi connectivity index (χ1v) is 8.12. The molecule has 1 aromatic rings. The molecule has 0 radical (unpaired) electrons. The van der Waals surface area contributed by atoms with E-state index in [0.717, 1.165) is 55.8 Å². The van der Waals surface area contributed by atoms with Gasteiger partial charge < -0.3 is 15.8 Å². The number of guanidine groups is 1. The van der Waals surface area contributed by atoms with Crippen molar-refractivity contribution < 1.29 is 4.74 Å². The Kier molecular flexibility index (Phi) is 6.99. The molecule has 0 atom stereocenters. The van der Waals surface area contributed by atoms with Gasteiger partial charge in [-0.15, -0.1) is 0 Å². The van der Waals surface area contributed by atoms with Crippen LogP contribution in [0.5, 0.6) is 0 Å². The zero-order chi connectivity index (χ0) is 14.9. The summed E-state index contributed by atoms with van der Waals surface area (Å²) in [7, 11) is 0. The molecule has 1 saturated heterocycles. The van der Waals surface area contributed by atoms with Crippen molar-refractivity contribution >= 4 is 21.9 Å². The molecule has 0 aromatic heterocycles. The normalized spacial score (nSPS) is 16.9. The molecule has 0 amide bonds. The molecule has 5 nitrogen and oxygen atoms in total. The quantitative estimate of drug-likeness (QED) is 0.462. The Morgan fingerprint density at radius 2 is 2.10 bits per heavy atom. The van der Waals surface area contributed by atoms with Gasteiger partial charge in [0, 0.05) is 24.1 Å². The highest BCUT2D eigenvalue weighted by atomic mass is 79.9. The third-order valence-electron chi connectivity index (χ3n) is 3.44. The molecule has 0 aliphatic carbocycles. The van der Waals surface area contributed by atoms with E-state index in [9.17, 15) is 0 Å². The van der Waals surface area contributed by atoms with Gasteiger partial charge in [-0.1, -0.05) is 34.1 Å². The second-order valence-corrected chi connectivity index (χ2v) is 5.88. The molecule has 1 aromatic carbocycles. The Balaban J connectivity index is 1.63. The van der Waals surface area contributed by atoms with E-state index in [1.54, 1.807) is 0 Å². The van der Waals surface area contributed by atoms with Gasteiger partial charge in [0.1, 0.15) is 0 Å². The van der Waals surface area contributed by atoms with Crippen LogP contribution in [-0.2, 0) is 11.3 Å². The molecule has 1 fully saturated rings. The highest BCUT2D eigenvalue weighted by Crippen LogP contribution is 2.16. The number of nitrogens with zero attached hydrogens (tertiary/aromatic N) is 2. The maximum Gasteiger partial charge on any atom is 0.188 e. The maximum absolute atomic E-state index is 5.88. The van der Waals surface area contributed by atoms with E-state index in [1.807, 2.05) is 24.3 Å². The Labute approximate surface area is 134 Å². The van der Waals surface area contributed by atoms with Crippen molar-refractivity contribution in [1.82, 2.24) is 10.2 Å². The van der Waals surface area contributed by atoms with Crippen LogP contribution in [0.3, 0.4) is 0 Å². The Hall–Kier alpha value is -1.11. The van der Waals surface area contributed by atoms with Crippen LogP contribution in [0.2, 0.25) is 0 Å². The Morgan fingerprint density at radius 1 is 1.33 bits per heavy atom. The minimum absolute atomic E-state index is 0.507. The van der Waals surface area contributed by atoms with E-state index in [0.29, 0.717) is 12.5 Å². The number of morpholine rings is 1. The molecule has 3 N–H and O–H groups in total. The fourth-order valence-corrected chi connectivity index (χ4v) is 2.61. The monoisotopic (exact) mass is 354 g/mol. The molecule has 2 rings (SSSR count). The van der Waals surface area contributed by atoms with Gasteiger partial charge in [-0.3, -0.25) is 4.90 Å². The van der Waals surface area contributed by atoms with E-state index in [1.165, 1.54) is 0 Å². The number of hydrogen-bond donors (Lipinski definition) is 2. The first kappa shape index (κ1) is 16.3. The van der Waals surface area contributed by atoms with E-state index < -0.39 is 0 Å². The summed E-state index contributed by atoms with van der Waals surface area (Å²) in [4.78, 5) is 6.78. The van der Waals surface area contributed by atoms with Crippen LogP contribution in [0.25, 0.3) is 0 Å². The average Bonchev–Trinajstić information content (AvgIpc) is 2.52. The molecule has 0 bridgehead atoms. The Bertz CT molecular complexity index is 461. The van der Waals surface area contributed by atoms with Crippen LogP contribution in [0, 0.1) is 0 Å². The molecule has 0 spiro atoms. The van der Waals surface area contributed by atoms with E-state index in [-0.39, 0.29) is 0 Å². The molecule has 0 saturated carbocycles. The minimum Gasteiger partial charge on any atom is -0.379 e. The van der Waals surface area contributed by atoms with Crippen LogP contribution < -0.4 is 11.1 Å². The van der Waals surface area contributed by atoms with E-state index in [2.05, 4.69) is 31.1 Å². The molecule has 1 aliphatic heterocycles. The molecular formula is C15H23BrN4O. The minimum atomic E-state index is 0.507. The fourth-order valence-electron chi connectivity index (χ4n) is 2.20. The lowest BCUT2D eigenvalue weighted by molar-refractivity contribution is 0.0376. The number of hydrogen-bond acceptors (Lipinski definition) is 3. The summed E-state index contributed by atoms with van der Waals surface area (Å²) in [6.07, 6.45) is 1.06. The van der Waals surface area contributed by atoms with Crippen molar-refractivity contribution in [3.05, 3.63) is 34.3 Å². The molecular weight excluding hydrogens is 332 g/mol. The number of rotatable bonds is 6. The molecule has 6 heteroatoms. The van der Waals surface area contributed by atoms with Gasteiger partial charge in [0.15, 0.2) is 5.96 Å². The van der Waals surface area contributed by atoms with Crippen molar-refractivity contribution in [3.8, 4) is 0 Å². The van der Waals surface area contributed by atoms with Gasteiger partial charge in [0.05, 0.1) is 19.8 Å².